The summed E-state index contributed by atoms with van der Waals surface area (Å²) in [6.07, 6.45) is 3.05. The Hall–Kier alpha value is -2.09. The van der Waals surface area contributed by atoms with Crippen LogP contribution in [0.2, 0.25) is 0 Å². The lowest BCUT2D eigenvalue weighted by Crippen LogP contribution is -2.08. The largest absolute Gasteiger partial charge is 0.462 e. The zero-order chi connectivity index (χ0) is 15.8. The fourth-order valence-electron chi connectivity index (χ4n) is 2.60. The maximum absolute atomic E-state index is 11.8. The van der Waals surface area contributed by atoms with Crippen molar-refractivity contribution in [2.24, 2.45) is 5.92 Å². The van der Waals surface area contributed by atoms with Crippen molar-refractivity contribution in [3.63, 3.8) is 0 Å². The summed E-state index contributed by atoms with van der Waals surface area (Å²) >= 11 is 0. The number of hydrogen-bond acceptors (Lipinski definition) is 2. The van der Waals surface area contributed by atoms with Gasteiger partial charge in [-0.05, 0) is 49.8 Å². The third kappa shape index (κ3) is 5.36. The molecular weight excluding hydrogens is 272 g/mol. The minimum absolute atomic E-state index is 0.230. The molecule has 0 aliphatic rings. The van der Waals surface area contributed by atoms with Crippen molar-refractivity contribution in [2.45, 2.75) is 33.1 Å². The predicted molar refractivity (Wildman–Crippen MR) is 90.0 cm³/mol. The quantitative estimate of drug-likeness (QED) is 0.541. The SMILES string of the molecule is Cc1cccc(C[C@H](C)CCCOC(=O)c2ccccc2)c1. The molecule has 2 aromatic carbocycles. The molecule has 0 saturated carbocycles. The average molecular weight is 296 g/mol. The van der Waals surface area contributed by atoms with E-state index in [2.05, 4.69) is 38.1 Å². The molecule has 0 aliphatic carbocycles. The standard InChI is InChI=1S/C20H24O2/c1-16-8-6-10-18(14-16)15-17(2)9-7-13-22-20(21)19-11-4-3-5-12-19/h3-6,8,10-12,14,17H,7,9,13,15H2,1-2H3/t17-/m1/s1. The number of carbonyl (C=O) groups is 1. The normalized spacial score (nSPS) is 11.9. The summed E-state index contributed by atoms with van der Waals surface area (Å²) < 4.78 is 5.31. The predicted octanol–water partition coefficient (Wildman–Crippen LogP) is 4.81. The van der Waals surface area contributed by atoms with E-state index >= 15 is 0 Å². The van der Waals surface area contributed by atoms with Gasteiger partial charge in [-0.2, -0.15) is 0 Å². The molecule has 0 bridgehead atoms. The van der Waals surface area contributed by atoms with Crippen LogP contribution in [0.3, 0.4) is 0 Å². The second-order valence-electron chi connectivity index (χ2n) is 5.94. The molecule has 0 aliphatic heterocycles. The molecule has 0 amide bonds. The van der Waals surface area contributed by atoms with Gasteiger partial charge in [-0.3, -0.25) is 0 Å². The Morgan fingerprint density at radius 1 is 1.09 bits per heavy atom. The second kappa shape index (κ2) is 8.38. The first-order valence-electron chi connectivity index (χ1n) is 7.93. The van der Waals surface area contributed by atoms with Gasteiger partial charge in [0, 0.05) is 0 Å². The molecule has 0 N–H and O–H groups in total. The summed E-state index contributed by atoms with van der Waals surface area (Å²) in [4.78, 5) is 11.8. The molecule has 0 saturated heterocycles. The minimum Gasteiger partial charge on any atom is -0.462 e. The van der Waals surface area contributed by atoms with Gasteiger partial charge >= 0.3 is 5.97 Å². The van der Waals surface area contributed by atoms with E-state index in [1.165, 1.54) is 11.1 Å². The van der Waals surface area contributed by atoms with Crippen molar-refractivity contribution in [3.05, 3.63) is 71.3 Å². The van der Waals surface area contributed by atoms with E-state index in [0.717, 1.165) is 19.3 Å². The summed E-state index contributed by atoms with van der Waals surface area (Å²) in [5.74, 6) is 0.365. The Kier molecular flexibility index (Phi) is 6.20. The van der Waals surface area contributed by atoms with Crippen molar-refractivity contribution >= 4 is 5.97 Å². The highest BCUT2D eigenvalue weighted by Gasteiger charge is 2.07. The molecule has 0 aromatic heterocycles. The Bertz CT molecular complexity index is 590. The van der Waals surface area contributed by atoms with Gasteiger partial charge in [-0.15, -0.1) is 0 Å². The van der Waals surface area contributed by atoms with E-state index in [-0.39, 0.29) is 5.97 Å². The van der Waals surface area contributed by atoms with Crippen LogP contribution >= 0.6 is 0 Å². The van der Waals surface area contributed by atoms with Crippen LogP contribution in [0.15, 0.2) is 54.6 Å². The lowest BCUT2D eigenvalue weighted by Gasteiger charge is -2.12. The summed E-state index contributed by atoms with van der Waals surface area (Å²) in [7, 11) is 0. The number of hydrogen-bond donors (Lipinski definition) is 0. The van der Waals surface area contributed by atoms with Crippen molar-refractivity contribution in [3.8, 4) is 0 Å². The van der Waals surface area contributed by atoms with Crippen LogP contribution in [-0.4, -0.2) is 12.6 Å². The van der Waals surface area contributed by atoms with Crippen LogP contribution in [0.1, 0.15) is 41.3 Å². The Labute approximate surface area is 133 Å². The molecule has 0 spiro atoms. The van der Waals surface area contributed by atoms with Crippen LogP contribution in [0.5, 0.6) is 0 Å². The summed E-state index contributed by atoms with van der Waals surface area (Å²) in [6.45, 7) is 4.87. The van der Waals surface area contributed by atoms with Crippen LogP contribution in [-0.2, 0) is 11.2 Å². The van der Waals surface area contributed by atoms with Crippen LogP contribution in [0.4, 0.5) is 0 Å². The Morgan fingerprint density at radius 2 is 1.86 bits per heavy atom. The molecule has 2 aromatic rings. The average Bonchev–Trinajstić information content (AvgIpc) is 2.52. The number of aryl methyl sites for hydroxylation is 1. The van der Waals surface area contributed by atoms with Gasteiger partial charge < -0.3 is 4.74 Å². The molecule has 0 radical (unpaired) electrons. The molecule has 22 heavy (non-hydrogen) atoms. The van der Waals surface area contributed by atoms with Gasteiger partial charge in [0.15, 0.2) is 0 Å². The monoisotopic (exact) mass is 296 g/mol. The van der Waals surface area contributed by atoms with Gasteiger partial charge in [0.2, 0.25) is 0 Å². The number of benzene rings is 2. The molecule has 0 heterocycles. The molecule has 1 atom stereocenters. The lowest BCUT2D eigenvalue weighted by atomic mass is 9.96. The first-order chi connectivity index (χ1) is 10.6. The maximum Gasteiger partial charge on any atom is 0.338 e. The molecule has 0 unspecified atom stereocenters. The van der Waals surface area contributed by atoms with E-state index < -0.39 is 0 Å². The molecule has 116 valence electrons. The third-order valence-corrected chi connectivity index (χ3v) is 3.75. The number of esters is 1. The fourth-order valence-corrected chi connectivity index (χ4v) is 2.60. The second-order valence-corrected chi connectivity index (χ2v) is 5.94. The van der Waals surface area contributed by atoms with Crippen molar-refractivity contribution in [2.75, 3.05) is 6.61 Å². The van der Waals surface area contributed by atoms with E-state index in [4.69, 9.17) is 4.74 Å². The third-order valence-electron chi connectivity index (χ3n) is 3.75. The zero-order valence-corrected chi connectivity index (χ0v) is 13.4. The Morgan fingerprint density at radius 3 is 2.59 bits per heavy atom. The first kappa shape index (κ1) is 16.3. The van der Waals surface area contributed by atoms with E-state index in [1.807, 2.05) is 18.2 Å². The molecular formula is C20H24O2. The van der Waals surface area contributed by atoms with Gasteiger partial charge in [-0.1, -0.05) is 55.0 Å². The van der Waals surface area contributed by atoms with Crippen molar-refractivity contribution < 1.29 is 9.53 Å². The Balaban J connectivity index is 1.67. The van der Waals surface area contributed by atoms with Crippen molar-refractivity contribution in [1.82, 2.24) is 0 Å². The zero-order valence-electron chi connectivity index (χ0n) is 13.4. The first-order valence-corrected chi connectivity index (χ1v) is 7.93. The summed E-state index contributed by atoms with van der Waals surface area (Å²) in [5.41, 5.74) is 3.31. The highest BCUT2D eigenvalue weighted by molar-refractivity contribution is 5.89. The van der Waals surface area contributed by atoms with E-state index in [0.29, 0.717) is 18.1 Å². The number of ether oxygens (including phenoxy) is 1. The van der Waals surface area contributed by atoms with Crippen LogP contribution in [0, 0.1) is 12.8 Å². The number of carbonyl (C=O) groups excluding carboxylic acids is 1. The maximum atomic E-state index is 11.8. The molecule has 0 fully saturated rings. The van der Waals surface area contributed by atoms with Crippen LogP contribution in [0.25, 0.3) is 0 Å². The highest BCUT2D eigenvalue weighted by atomic mass is 16.5. The van der Waals surface area contributed by atoms with E-state index in [9.17, 15) is 4.79 Å². The number of rotatable bonds is 7. The molecule has 2 rings (SSSR count). The highest BCUT2D eigenvalue weighted by Crippen LogP contribution is 2.15. The van der Waals surface area contributed by atoms with E-state index in [1.54, 1.807) is 12.1 Å². The van der Waals surface area contributed by atoms with Gasteiger partial charge in [0.1, 0.15) is 0 Å². The summed E-state index contributed by atoms with van der Waals surface area (Å²) in [5, 5.41) is 0. The lowest BCUT2D eigenvalue weighted by molar-refractivity contribution is 0.0494. The molecule has 2 nitrogen and oxygen atoms in total. The fraction of sp³-hybridized carbons (Fsp3) is 0.350. The minimum atomic E-state index is -0.230. The van der Waals surface area contributed by atoms with Gasteiger partial charge in [0.05, 0.1) is 12.2 Å². The van der Waals surface area contributed by atoms with Gasteiger partial charge in [-0.25, -0.2) is 4.79 Å². The summed E-state index contributed by atoms with van der Waals surface area (Å²) in [6, 6.07) is 17.8. The van der Waals surface area contributed by atoms with Gasteiger partial charge in [0.25, 0.3) is 0 Å². The van der Waals surface area contributed by atoms with Crippen LogP contribution < -0.4 is 0 Å². The van der Waals surface area contributed by atoms with Crippen molar-refractivity contribution in [1.29, 1.82) is 0 Å². The molecule has 2 heteroatoms. The topological polar surface area (TPSA) is 26.3 Å². The smallest absolute Gasteiger partial charge is 0.338 e.